The third kappa shape index (κ3) is 3.23. The number of rotatable bonds is 5. The molecule has 1 aromatic heterocycles. The van der Waals surface area contributed by atoms with Gasteiger partial charge in [0.1, 0.15) is 18.0 Å². The van der Waals surface area contributed by atoms with Crippen LogP contribution in [0.2, 0.25) is 0 Å². The van der Waals surface area contributed by atoms with Gasteiger partial charge in [-0.25, -0.2) is 9.97 Å². The van der Waals surface area contributed by atoms with Gasteiger partial charge in [0.2, 0.25) is 0 Å². The Bertz CT molecular complexity index is 449. The van der Waals surface area contributed by atoms with Crippen molar-refractivity contribution in [3.63, 3.8) is 0 Å². The van der Waals surface area contributed by atoms with Crippen molar-refractivity contribution in [2.75, 3.05) is 36.5 Å². The van der Waals surface area contributed by atoms with Crippen LogP contribution in [0.4, 0.5) is 11.6 Å². The number of aliphatic hydroxyl groups excluding tert-OH is 1. The van der Waals surface area contributed by atoms with Crippen molar-refractivity contribution < 1.29 is 5.11 Å². The Balaban J connectivity index is 2.17. The lowest BCUT2D eigenvalue weighted by Gasteiger charge is -2.25. The molecule has 0 amide bonds. The van der Waals surface area contributed by atoms with Crippen molar-refractivity contribution in [2.45, 2.75) is 25.8 Å². The Morgan fingerprint density at radius 2 is 2.37 bits per heavy atom. The van der Waals surface area contributed by atoms with Gasteiger partial charge in [-0.15, -0.1) is 0 Å². The van der Waals surface area contributed by atoms with Crippen LogP contribution >= 0.6 is 0 Å². The normalized spacial score (nSPS) is 18.7. The smallest absolute Gasteiger partial charge is 0.134 e. The second kappa shape index (κ2) is 6.02. The first-order valence-electron chi connectivity index (χ1n) is 6.67. The van der Waals surface area contributed by atoms with E-state index in [2.05, 4.69) is 26.3 Å². The van der Waals surface area contributed by atoms with E-state index in [0.717, 1.165) is 43.1 Å². The summed E-state index contributed by atoms with van der Waals surface area (Å²) in [5.41, 5.74) is 1.09. The Labute approximate surface area is 114 Å². The van der Waals surface area contributed by atoms with Crippen molar-refractivity contribution in [3.05, 3.63) is 24.5 Å². The number of hydrogen-bond donors (Lipinski definition) is 1. The summed E-state index contributed by atoms with van der Waals surface area (Å²) in [6.45, 7) is 7.83. The van der Waals surface area contributed by atoms with E-state index in [1.165, 1.54) is 0 Å². The van der Waals surface area contributed by atoms with Crippen LogP contribution < -0.4 is 9.80 Å². The molecule has 5 nitrogen and oxygen atoms in total. The molecule has 1 N–H and O–H groups in total. The van der Waals surface area contributed by atoms with Crippen LogP contribution in [0.25, 0.3) is 0 Å². The molecular weight excluding hydrogens is 240 g/mol. The van der Waals surface area contributed by atoms with Gasteiger partial charge in [0, 0.05) is 26.2 Å². The minimum absolute atomic E-state index is 0.181. The van der Waals surface area contributed by atoms with E-state index in [-0.39, 0.29) is 12.6 Å². The minimum atomic E-state index is 0.181. The SMILES string of the molecule is C=C(C)CN(C)c1cc(N2CCCC2CO)ncn1. The predicted molar refractivity (Wildman–Crippen MR) is 77.6 cm³/mol. The molecule has 0 radical (unpaired) electrons. The molecule has 1 saturated heterocycles. The number of nitrogens with zero attached hydrogens (tertiary/aromatic N) is 4. The van der Waals surface area contributed by atoms with Crippen LogP contribution in [0.1, 0.15) is 19.8 Å². The minimum Gasteiger partial charge on any atom is -0.394 e. The van der Waals surface area contributed by atoms with Crippen molar-refractivity contribution in [1.29, 1.82) is 0 Å². The molecule has 1 aliphatic heterocycles. The first kappa shape index (κ1) is 13.8. The molecule has 19 heavy (non-hydrogen) atoms. The Morgan fingerprint density at radius 1 is 1.58 bits per heavy atom. The summed E-state index contributed by atoms with van der Waals surface area (Å²) >= 11 is 0. The lowest BCUT2D eigenvalue weighted by molar-refractivity contribution is 0.266. The molecular formula is C14H22N4O. The van der Waals surface area contributed by atoms with Gasteiger partial charge in [0.05, 0.1) is 12.6 Å². The van der Waals surface area contributed by atoms with Gasteiger partial charge in [-0.05, 0) is 19.8 Å². The van der Waals surface area contributed by atoms with Gasteiger partial charge in [-0.2, -0.15) is 0 Å². The molecule has 1 atom stereocenters. The number of likely N-dealkylation sites (N-methyl/N-ethyl adjacent to an activating group) is 1. The Morgan fingerprint density at radius 3 is 3.05 bits per heavy atom. The maximum atomic E-state index is 9.39. The highest BCUT2D eigenvalue weighted by atomic mass is 16.3. The average Bonchev–Trinajstić information content (AvgIpc) is 2.86. The fraction of sp³-hybridized carbons (Fsp3) is 0.571. The lowest BCUT2D eigenvalue weighted by Crippen LogP contribution is -2.33. The van der Waals surface area contributed by atoms with Crippen LogP contribution in [-0.2, 0) is 0 Å². The molecule has 1 aromatic rings. The van der Waals surface area contributed by atoms with E-state index < -0.39 is 0 Å². The van der Waals surface area contributed by atoms with Gasteiger partial charge in [-0.3, -0.25) is 0 Å². The summed E-state index contributed by atoms with van der Waals surface area (Å²) in [6.07, 6.45) is 3.72. The highest BCUT2D eigenvalue weighted by Crippen LogP contribution is 2.25. The molecule has 2 rings (SSSR count). The first-order chi connectivity index (χ1) is 9.11. The fourth-order valence-electron chi connectivity index (χ4n) is 2.52. The van der Waals surface area contributed by atoms with Crippen molar-refractivity contribution in [2.24, 2.45) is 0 Å². The summed E-state index contributed by atoms with van der Waals surface area (Å²) in [6, 6.07) is 2.17. The second-order valence-electron chi connectivity index (χ2n) is 5.22. The largest absolute Gasteiger partial charge is 0.394 e. The molecule has 1 aliphatic rings. The predicted octanol–water partition coefficient (Wildman–Crippen LogP) is 1.45. The monoisotopic (exact) mass is 262 g/mol. The van der Waals surface area contributed by atoms with Crippen molar-refractivity contribution >= 4 is 11.6 Å². The van der Waals surface area contributed by atoms with E-state index in [4.69, 9.17) is 0 Å². The maximum Gasteiger partial charge on any atom is 0.134 e. The summed E-state index contributed by atoms with van der Waals surface area (Å²) in [4.78, 5) is 12.9. The lowest BCUT2D eigenvalue weighted by atomic mass is 10.2. The molecule has 1 fully saturated rings. The highest BCUT2D eigenvalue weighted by Gasteiger charge is 2.25. The first-order valence-corrected chi connectivity index (χ1v) is 6.67. The quantitative estimate of drug-likeness (QED) is 0.814. The van der Waals surface area contributed by atoms with Crippen LogP contribution in [0.15, 0.2) is 24.5 Å². The summed E-state index contributed by atoms with van der Waals surface area (Å²) in [5, 5.41) is 9.39. The van der Waals surface area contributed by atoms with E-state index >= 15 is 0 Å². The van der Waals surface area contributed by atoms with Crippen LogP contribution in [-0.4, -0.2) is 47.9 Å². The number of hydrogen-bond acceptors (Lipinski definition) is 5. The number of aromatic nitrogens is 2. The molecule has 5 heteroatoms. The zero-order chi connectivity index (χ0) is 13.8. The molecule has 0 aliphatic carbocycles. The zero-order valence-corrected chi connectivity index (χ0v) is 11.7. The van der Waals surface area contributed by atoms with Gasteiger partial charge in [0.25, 0.3) is 0 Å². The van der Waals surface area contributed by atoms with Gasteiger partial charge >= 0.3 is 0 Å². The molecule has 104 valence electrons. The van der Waals surface area contributed by atoms with Gasteiger partial charge < -0.3 is 14.9 Å². The molecule has 0 aromatic carbocycles. The van der Waals surface area contributed by atoms with Crippen molar-refractivity contribution in [3.8, 4) is 0 Å². The molecule has 1 unspecified atom stereocenters. The highest BCUT2D eigenvalue weighted by molar-refractivity contribution is 5.51. The molecule has 0 saturated carbocycles. The van der Waals surface area contributed by atoms with E-state index in [1.807, 2.05) is 20.0 Å². The molecule has 0 spiro atoms. The standard InChI is InChI=1S/C14H22N4O/c1-11(2)8-17(3)13-7-14(16-10-15-13)18-6-4-5-12(18)9-19/h7,10,12,19H,1,4-6,8-9H2,2-3H3. The Kier molecular flexibility index (Phi) is 4.37. The summed E-state index contributed by atoms with van der Waals surface area (Å²) in [5.74, 6) is 1.78. The summed E-state index contributed by atoms with van der Waals surface area (Å²) in [7, 11) is 1.99. The third-order valence-corrected chi connectivity index (χ3v) is 3.42. The number of aliphatic hydroxyl groups is 1. The van der Waals surface area contributed by atoms with Crippen molar-refractivity contribution in [1.82, 2.24) is 9.97 Å². The molecule has 2 heterocycles. The third-order valence-electron chi connectivity index (χ3n) is 3.42. The second-order valence-corrected chi connectivity index (χ2v) is 5.22. The van der Waals surface area contributed by atoms with E-state index in [0.29, 0.717) is 0 Å². The molecule has 0 bridgehead atoms. The fourth-order valence-corrected chi connectivity index (χ4v) is 2.52. The van der Waals surface area contributed by atoms with Gasteiger partial charge in [0.15, 0.2) is 0 Å². The van der Waals surface area contributed by atoms with E-state index in [9.17, 15) is 5.11 Å². The topological polar surface area (TPSA) is 52.5 Å². The van der Waals surface area contributed by atoms with Crippen LogP contribution in [0, 0.1) is 0 Å². The summed E-state index contributed by atoms with van der Waals surface area (Å²) < 4.78 is 0. The average molecular weight is 262 g/mol. The van der Waals surface area contributed by atoms with Crippen LogP contribution in [0.5, 0.6) is 0 Å². The Hall–Kier alpha value is -1.62. The maximum absolute atomic E-state index is 9.39. The van der Waals surface area contributed by atoms with Gasteiger partial charge in [-0.1, -0.05) is 12.2 Å². The number of anilines is 2. The van der Waals surface area contributed by atoms with E-state index in [1.54, 1.807) is 6.33 Å². The van der Waals surface area contributed by atoms with Crippen LogP contribution in [0.3, 0.4) is 0 Å². The zero-order valence-electron chi connectivity index (χ0n) is 11.7.